The number of likely N-dealkylation sites (tertiary alicyclic amines) is 1. The molecule has 1 aliphatic heterocycles. The zero-order valence-corrected chi connectivity index (χ0v) is 18.7. The van der Waals surface area contributed by atoms with Gasteiger partial charge in [0.1, 0.15) is 12.4 Å². The summed E-state index contributed by atoms with van der Waals surface area (Å²) in [5, 5.41) is 3.59. The van der Waals surface area contributed by atoms with Gasteiger partial charge in [0, 0.05) is 34.9 Å². The number of carbonyl (C=O) groups is 2. The largest absolute Gasteiger partial charge is 0.489 e. The van der Waals surface area contributed by atoms with Crippen LogP contribution in [-0.4, -0.2) is 29.8 Å². The first-order chi connectivity index (χ1) is 15.5. The van der Waals surface area contributed by atoms with Crippen molar-refractivity contribution in [1.29, 1.82) is 0 Å². The maximum Gasteiger partial charge on any atom is 0.255 e. The second-order valence-corrected chi connectivity index (χ2v) is 8.31. The first kappa shape index (κ1) is 21.9. The zero-order chi connectivity index (χ0) is 22.5. The molecule has 0 aliphatic carbocycles. The van der Waals surface area contributed by atoms with Crippen LogP contribution in [0, 0.1) is 6.92 Å². The first-order valence-electron chi connectivity index (χ1n) is 10.7. The van der Waals surface area contributed by atoms with Crippen molar-refractivity contribution in [3.8, 4) is 5.75 Å². The monoisotopic (exact) mass is 448 g/mol. The summed E-state index contributed by atoms with van der Waals surface area (Å²) in [6.45, 7) is 3.79. The number of ether oxygens (including phenoxy) is 1. The minimum atomic E-state index is -0.257. The maximum absolute atomic E-state index is 12.9. The minimum Gasteiger partial charge on any atom is -0.489 e. The average Bonchev–Trinajstić information content (AvgIpc) is 3.34. The molecule has 1 fully saturated rings. The van der Waals surface area contributed by atoms with Gasteiger partial charge in [-0.05, 0) is 73.4 Å². The van der Waals surface area contributed by atoms with E-state index < -0.39 is 0 Å². The van der Waals surface area contributed by atoms with Crippen molar-refractivity contribution in [2.45, 2.75) is 26.4 Å². The molecule has 0 unspecified atom stereocenters. The van der Waals surface area contributed by atoms with Crippen LogP contribution in [0.1, 0.15) is 44.7 Å². The molecule has 2 amide bonds. The Bertz CT molecular complexity index is 1140. The van der Waals surface area contributed by atoms with Gasteiger partial charge in [-0.3, -0.25) is 9.59 Å². The molecule has 0 radical (unpaired) electrons. The lowest BCUT2D eigenvalue weighted by molar-refractivity contribution is 0.0791. The molecule has 4 rings (SSSR count). The molecular weight excluding hydrogens is 424 g/mol. The van der Waals surface area contributed by atoms with E-state index in [-0.39, 0.29) is 11.8 Å². The smallest absolute Gasteiger partial charge is 0.255 e. The van der Waals surface area contributed by atoms with E-state index in [9.17, 15) is 9.59 Å². The number of nitrogens with one attached hydrogen (secondary N) is 1. The Balaban J connectivity index is 1.45. The van der Waals surface area contributed by atoms with Crippen LogP contribution in [0.4, 0.5) is 5.69 Å². The quantitative estimate of drug-likeness (QED) is 0.525. The summed E-state index contributed by atoms with van der Waals surface area (Å²) < 4.78 is 5.83. The number of benzene rings is 3. The molecule has 3 aromatic carbocycles. The summed E-state index contributed by atoms with van der Waals surface area (Å²) >= 11 is 6.02. The SMILES string of the molecule is Cc1c(NC(=O)c2cccc(OCc3cccc(Cl)c3)c2)cccc1C(=O)N1CCCC1. The molecule has 0 spiro atoms. The molecule has 1 heterocycles. The number of anilines is 1. The van der Waals surface area contributed by atoms with Crippen molar-refractivity contribution in [3.05, 3.63) is 94.0 Å². The highest BCUT2D eigenvalue weighted by molar-refractivity contribution is 6.30. The lowest BCUT2D eigenvalue weighted by Crippen LogP contribution is -2.28. The number of carbonyl (C=O) groups excluding carboxylic acids is 2. The van der Waals surface area contributed by atoms with Gasteiger partial charge in [-0.25, -0.2) is 0 Å². The van der Waals surface area contributed by atoms with E-state index in [1.807, 2.05) is 54.3 Å². The molecule has 1 aliphatic rings. The van der Waals surface area contributed by atoms with Crippen molar-refractivity contribution in [2.75, 3.05) is 18.4 Å². The Labute approximate surface area is 193 Å². The third-order valence-corrected chi connectivity index (χ3v) is 5.83. The topological polar surface area (TPSA) is 58.6 Å². The number of hydrogen-bond donors (Lipinski definition) is 1. The molecule has 0 bridgehead atoms. The van der Waals surface area contributed by atoms with E-state index in [1.165, 1.54) is 0 Å². The fraction of sp³-hybridized carbons (Fsp3) is 0.231. The summed E-state index contributed by atoms with van der Waals surface area (Å²) in [6, 6.07) is 19.9. The van der Waals surface area contributed by atoms with Crippen LogP contribution in [0.2, 0.25) is 5.02 Å². The highest BCUT2D eigenvalue weighted by Gasteiger charge is 2.22. The van der Waals surface area contributed by atoms with Gasteiger partial charge in [-0.2, -0.15) is 0 Å². The number of halogens is 1. The molecule has 3 aromatic rings. The zero-order valence-electron chi connectivity index (χ0n) is 17.9. The molecule has 1 saturated heterocycles. The third kappa shape index (κ3) is 5.11. The second kappa shape index (κ2) is 9.88. The highest BCUT2D eigenvalue weighted by Crippen LogP contribution is 2.24. The molecule has 0 atom stereocenters. The number of amides is 2. The molecule has 0 aromatic heterocycles. The summed E-state index contributed by atoms with van der Waals surface area (Å²) in [4.78, 5) is 27.6. The Hall–Kier alpha value is -3.31. The van der Waals surface area contributed by atoms with Gasteiger partial charge in [-0.1, -0.05) is 35.9 Å². The van der Waals surface area contributed by atoms with Crippen LogP contribution in [0.3, 0.4) is 0 Å². The van der Waals surface area contributed by atoms with Crippen molar-refractivity contribution < 1.29 is 14.3 Å². The second-order valence-electron chi connectivity index (χ2n) is 7.88. The van der Waals surface area contributed by atoms with E-state index in [1.54, 1.807) is 24.3 Å². The third-order valence-electron chi connectivity index (χ3n) is 5.60. The van der Waals surface area contributed by atoms with E-state index in [2.05, 4.69) is 5.32 Å². The number of hydrogen-bond acceptors (Lipinski definition) is 3. The van der Waals surface area contributed by atoms with Gasteiger partial charge in [0.15, 0.2) is 0 Å². The van der Waals surface area contributed by atoms with Crippen LogP contribution in [0.25, 0.3) is 0 Å². The lowest BCUT2D eigenvalue weighted by Gasteiger charge is -2.18. The Morgan fingerprint density at radius 1 is 1.00 bits per heavy atom. The Morgan fingerprint density at radius 3 is 2.53 bits per heavy atom. The fourth-order valence-corrected chi connectivity index (χ4v) is 4.02. The lowest BCUT2D eigenvalue weighted by atomic mass is 10.0. The molecule has 0 saturated carbocycles. The molecule has 32 heavy (non-hydrogen) atoms. The molecule has 5 nitrogen and oxygen atoms in total. The standard InChI is InChI=1S/C26H25ClN2O3/c1-18-23(26(31)29-13-2-3-14-29)11-6-12-24(18)28-25(30)20-8-5-10-22(16-20)32-17-19-7-4-9-21(27)15-19/h4-12,15-16H,2-3,13-14,17H2,1H3,(H,28,30). The molecule has 1 N–H and O–H groups in total. The Kier molecular flexibility index (Phi) is 6.76. The summed E-state index contributed by atoms with van der Waals surface area (Å²) in [5.41, 5.74) is 3.45. The van der Waals surface area contributed by atoms with Crippen LogP contribution >= 0.6 is 11.6 Å². The maximum atomic E-state index is 12.9. The van der Waals surface area contributed by atoms with E-state index in [4.69, 9.17) is 16.3 Å². The van der Waals surface area contributed by atoms with Crippen LogP contribution < -0.4 is 10.1 Å². The summed E-state index contributed by atoms with van der Waals surface area (Å²) in [7, 11) is 0. The van der Waals surface area contributed by atoms with Crippen LogP contribution in [0.15, 0.2) is 66.7 Å². The summed E-state index contributed by atoms with van der Waals surface area (Å²) in [6.07, 6.45) is 2.08. The van der Waals surface area contributed by atoms with E-state index in [0.29, 0.717) is 34.2 Å². The van der Waals surface area contributed by atoms with E-state index >= 15 is 0 Å². The number of nitrogens with zero attached hydrogens (tertiary/aromatic N) is 1. The highest BCUT2D eigenvalue weighted by atomic mass is 35.5. The van der Waals surface area contributed by atoms with Crippen molar-refractivity contribution in [2.24, 2.45) is 0 Å². The molecule has 164 valence electrons. The number of rotatable bonds is 6. The normalized spacial score (nSPS) is 13.1. The predicted molar refractivity (Wildman–Crippen MR) is 126 cm³/mol. The average molecular weight is 449 g/mol. The predicted octanol–water partition coefficient (Wildman–Crippen LogP) is 5.72. The van der Waals surface area contributed by atoms with Gasteiger partial charge >= 0.3 is 0 Å². The van der Waals surface area contributed by atoms with Crippen LogP contribution in [-0.2, 0) is 6.61 Å². The van der Waals surface area contributed by atoms with Crippen molar-refractivity contribution in [1.82, 2.24) is 4.90 Å². The van der Waals surface area contributed by atoms with Gasteiger partial charge in [0.25, 0.3) is 11.8 Å². The van der Waals surface area contributed by atoms with Gasteiger partial charge in [-0.15, -0.1) is 0 Å². The minimum absolute atomic E-state index is 0.0208. The van der Waals surface area contributed by atoms with Gasteiger partial charge < -0.3 is 15.0 Å². The fourth-order valence-electron chi connectivity index (χ4n) is 3.81. The van der Waals surface area contributed by atoms with E-state index in [0.717, 1.165) is 37.1 Å². The van der Waals surface area contributed by atoms with Gasteiger partial charge in [0.2, 0.25) is 0 Å². The van der Waals surface area contributed by atoms with Crippen molar-refractivity contribution in [3.63, 3.8) is 0 Å². The summed E-state index contributed by atoms with van der Waals surface area (Å²) in [5.74, 6) is 0.354. The molecular formula is C26H25ClN2O3. The van der Waals surface area contributed by atoms with Gasteiger partial charge in [0.05, 0.1) is 0 Å². The first-order valence-corrected chi connectivity index (χ1v) is 11.1. The van der Waals surface area contributed by atoms with Crippen LogP contribution in [0.5, 0.6) is 5.75 Å². The van der Waals surface area contributed by atoms with Crippen molar-refractivity contribution >= 4 is 29.1 Å². The molecule has 6 heteroatoms. The Morgan fingerprint density at radius 2 is 1.75 bits per heavy atom.